The third-order valence-electron chi connectivity index (χ3n) is 5.19. The quantitative estimate of drug-likeness (QED) is 0.823. The molecule has 2 heterocycles. The van der Waals surface area contributed by atoms with Crippen molar-refractivity contribution in [1.29, 1.82) is 0 Å². The minimum atomic E-state index is -0.287. The van der Waals surface area contributed by atoms with E-state index in [0.717, 1.165) is 43.6 Å². The first-order valence-electron chi connectivity index (χ1n) is 9.93. The van der Waals surface area contributed by atoms with Crippen LogP contribution in [0.1, 0.15) is 73.9 Å². The van der Waals surface area contributed by atoms with Crippen molar-refractivity contribution in [3.8, 4) is 0 Å². The van der Waals surface area contributed by atoms with Crippen LogP contribution in [0.25, 0.3) is 0 Å². The van der Waals surface area contributed by atoms with E-state index in [9.17, 15) is 9.18 Å². The third-order valence-corrected chi connectivity index (χ3v) is 5.19. The minimum Gasteiger partial charge on any atom is -0.344 e. The maximum atomic E-state index is 13.3. The van der Waals surface area contributed by atoms with Gasteiger partial charge in [-0.2, -0.15) is 0 Å². The van der Waals surface area contributed by atoms with Crippen molar-refractivity contribution in [3.05, 3.63) is 47.0 Å². The van der Waals surface area contributed by atoms with Crippen LogP contribution in [0.5, 0.6) is 0 Å². The second-order valence-electron chi connectivity index (χ2n) is 8.79. The number of hydrogen-bond acceptors (Lipinski definition) is 4. The summed E-state index contributed by atoms with van der Waals surface area (Å²) in [5.41, 5.74) is 2.03. The van der Waals surface area contributed by atoms with Crippen LogP contribution in [0.4, 0.5) is 4.39 Å². The van der Waals surface area contributed by atoms with E-state index in [1.807, 2.05) is 11.6 Å². The van der Waals surface area contributed by atoms with Gasteiger partial charge in [-0.15, -0.1) is 5.10 Å². The summed E-state index contributed by atoms with van der Waals surface area (Å²) < 4.78 is 15.2. The molecule has 1 aliphatic heterocycles. The molecular weight excluding hydrogens is 357 g/mol. The van der Waals surface area contributed by atoms with E-state index in [0.29, 0.717) is 5.69 Å². The molecule has 1 unspecified atom stereocenters. The molecule has 7 heteroatoms. The third kappa shape index (κ3) is 4.95. The SMILES string of the molecule is Cc1c(C(=O)NC(CC(C)(C)C)c2ccc(F)cc2)nnn1C1CCNCC1. The molecule has 1 saturated heterocycles. The van der Waals surface area contributed by atoms with E-state index in [4.69, 9.17) is 0 Å². The number of halogens is 1. The second-order valence-corrected chi connectivity index (χ2v) is 8.79. The number of benzene rings is 1. The van der Waals surface area contributed by atoms with Crippen LogP contribution in [0.2, 0.25) is 0 Å². The Balaban J connectivity index is 1.79. The summed E-state index contributed by atoms with van der Waals surface area (Å²) in [5.74, 6) is -0.526. The molecule has 0 bridgehead atoms. The lowest BCUT2D eigenvalue weighted by atomic mass is 9.85. The van der Waals surface area contributed by atoms with Gasteiger partial charge in [0.25, 0.3) is 5.91 Å². The van der Waals surface area contributed by atoms with Crippen molar-refractivity contribution in [2.45, 2.75) is 59.0 Å². The topological polar surface area (TPSA) is 71.8 Å². The van der Waals surface area contributed by atoms with Crippen LogP contribution in [0, 0.1) is 18.2 Å². The van der Waals surface area contributed by atoms with Crippen LogP contribution < -0.4 is 10.6 Å². The summed E-state index contributed by atoms with van der Waals surface area (Å²) in [6.07, 6.45) is 2.69. The van der Waals surface area contributed by atoms with Gasteiger partial charge in [0.1, 0.15) is 5.82 Å². The standard InChI is InChI=1S/C21H30FN5O/c1-14-19(25-26-27(14)17-9-11-23-12-10-17)20(28)24-18(13-21(2,3)4)15-5-7-16(22)8-6-15/h5-8,17-18,23H,9-13H2,1-4H3,(H,24,28). The summed E-state index contributed by atoms with van der Waals surface area (Å²) >= 11 is 0. The summed E-state index contributed by atoms with van der Waals surface area (Å²) in [4.78, 5) is 13.0. The number of rotatable bonds is 5. The van der Waals surface area contributed by atoms with Crippen LogP contribution in [-0.2, 0) is 0 Å². The number of carbonyl (C=O) groups excluding carboxylic acids is 1. The van der Waals surface area contributed by atoms with Crippen molar-refractivity contribution >= 4 is 5.91 Å². The molecule has 2 aromatic rings. The molecular formula is C21H30FN5O. The largest absolute Gasteiger partial charge is 0.344 e. The van der Waals surface area contributed by atoms with E-state index in [-0.39, 0.29) is 29.2 Å². The maximum absolute atomic E-state index is 13.3. The number of carbonyl (C=O) groups is 1. The van der Waals surface area contributed by atoms with Gasteiger partial charge in [0.15, 0.2) is 5.69 Å². The van der Waals surface area contributed by atoms with Crippen LogP contribution in [-0.4, -0.2) is 34.0 Å². The number of amides is 1. The number of piperidine rings is 1. The Hall–Kier alpha value is -2.28. The van der Waals surface area contributed by atoms with Gasteiger partial charge >= 0.3 is 0 Å². The van der Waals surface area contributed by atoms with Gasteiger partial charge in [0.05, 0.1) is 17.8 Å². The van der Waals surface area contributed by atoms with Crippen LogP contribution >= 0.6 is 0 Å². The smallest absolute Gasteiger partial charge is 0.274 e. The highest BCUT2D eigenvalue weighted by Crippen LogP contribution is 2.30. The Kier molecular flexibility index (Phi) is 6.13. The highest BCUT2D eigenvalue weighted by atomic mass is 19.1. The zero-order valence-electron chi connectivity index (χ0n) is 17.1. The van der Waals surface area contributed by atoms with Gasteiger partial charge in [-0.05, 0) is 62.4 Å². The maximum Gasteiger partial charge on any atom is 0.274 e. The van der Waals surface area contributed by atoms with Crippen molar-refractivity contribution in [3.63, 3.8) is 0 Å². The molecule has 152 valence electrons. The molecule has 0 spiro atoms. The van der Waals surface area contributed by atoms with Crippen LogP contribution in [0.15, 0.2) is 24.3 Å². The molecule has 1 aromatic carbocycles. The molecule has 1 aromatic heterocycles. The Bertz CT molecular complexity index is 803. The number of nitrogens with one attached hydrogen (secondary N) is 2. The van der Waals surface area contributed by atoms with Crippen molar-refractivity contribution in [2.75, 3.05) is 13.1 Å². The minimum absolute atomic E-state index is 0.00587. The Morgan fingerprint density at radius 2 is 1.93 bits per heavy atom. The predicted octanol–water partition coefficient (Wildman–Crippen LogP) is 3.56. The van der Waals surface area contributed by atoms with Gasteiger partial charge in [-0.1, -0.05) is 38.1 Å². The molecule has 3 rings (SSSR count). The number of hydrogen-bond donors (Lipinski definition) is 2. The molecule has 0 radical (unpaired) electrons. The average molecular weight is 388 g/mol. The highest BCUT2D eigenvalue weighted by molar-refractivity contribution is 5.93. The molecule has 1 fully saturated rings. The van der Waals surface area contributed by atoms with E-state index in [1.54, 1.807) is 12.1 Å². The van der Waals surface area contributed by atoms with Crippen molar-refractivity contribution < 1.29 is 9.18 Å². The number of aromatic nitrogens is 3. The summed E-state index contributed by atoms with van der Waals surface area (Å²) in [6.45, 7) is 10.2. The summed E-state index contributed by atoms with van der Waals surface area (Å²) in [6, 6.07) is 6.36. The lowest BCUT2D eigenvalue weighted by Gasteiger charge is -2.27. The first kappa shape index (κ1) is 20.5. The molecule has 2 N–H and O–H groups in total. The van der Waals surface area contributed by atoms with Gasteiger partial charge < -0.3 is 10.6 Å². The molecule has 0 saturated carbocycles. The number of nitrogens with zero attached hydrogens (tertiary/aromatic N) is 3. The van der Waals surface area contributed by atoms with Gasteiger partial charge in [0, 0.05) is 0 Å². The Morgan fingerprint density at radius 1 is 1.29 bits per heavy atom. The van der Waals surface area contributed by atoms with Crippen LogP contribution in [0.3, 0.4) is 0 Å². The fourth-order valence-corrected chi connectivity index (χ4v) is 3.73. The second kappa shape index (κ2) is 8.39. The first-order valence-corrected chi connectivity index (χ1v) is 9.93. The highest BCUT2D eigenvalue weighted by Gasteiger charge is 2.27. The van der Waals surface area contributed by atoms with Crippen molar-refractivity contribution in [2.24, 2.45) is 5.41 Å². The Morgan fingerprint density at radius 3 is 2.54 bits per heavy atom. The van der Waals surface area contributed by atoms with Crippen molar-refractivity contribution in [1.82, 2.24) is 25.6 Å². The fourth-order valence-electron chi connectivity index (χ4n) is 3.73. The average Bonchev–Trinajstić information content (AvgIpc) is 3.03. The monoisotopic (exact) mass is 387 g/mol. The van der Waals surface area contributed by atoms with E-state index < -0.39 is 0 Å². The molecule has 1 amide bonds. The summed E-state index contributed by atoms with van der Waals surface area (Å²) in [5, 5.41) is 14.9. The zero-order valence-corrected chi connectivity index (χ0v) is 17.1. The van der Waals surface area contributed by atoms with Gasteiger partial charge in [-0.3, -0.25) is 4.79 Å². The Labute approximate surface area is 165 Å². The first-order chi connectivity index (χ1) is 13.2. The van der Waals surface area contributed by atoms with E-state index in [2.05, 4.69) is 41.7 Å². The van der Waals surface area contributed by atoms with E-state index in [1.165, 1.54) is 12.1 Å². The zero-order chi connectivity index (χ0) is 20.3. The normalized spacial score (nSPS) is 16.8. The molecule has 0 aliphatic carbocycles. The molecule has 6 nitrogen and oxygen atoms in total. The predicted molar refractivity (Wildman–Crippen MR) is 107 cm³/mol. The molecule has 28 heavy (non-hydrogen) atoms. The lowest BCUT2D eigenvalue weighted by Crippen LogP contribution is -2.32. The lowest BCUT2D eigenvalue weighted by molar-refractivity contribution is 0.0920. The fraction of sp³-hybridized carbons (Fsp3) is 0.571. The summed E-state index contributed by atoms with van der Waals surface area (Å²) in [7, 11) is 0. The van der Waals surface area contributed by atoms with Gasteiger partial charge in [-0.25, -0.2) is 9.07 Å². The molecule has 1 aliphatic rings. The van der Waals surface area contributed by atoms with Gasteiger partial charge in [0.2, 0.25) is 0 Å². The van der Waals surface area contributed by atoms with E-state index >= 15 is 0 Å². The molecule has 1 atom stereocenters.